The molecule has 2 aromatic rings. The Morgan fingerprint density at radius 2 is 1.73 bits per heavy atom. The van der Waals surface area contributed by atoms with Crippen LogP contribution in [0.2, 0.25) is 0 Å². The summed E-state index contributed by atoms with van der Waals surface area (Å²) >= 11 is 0. The van der Waals surface area contributed by atoms with Gasteiger partial charge in [-0.15, -0.1) is 0 Å². The van der Waals surface area contributed by atoms with Crippen LogP contribution < -0.4 is 10.0 Å². The normalized spacial score (nSPS) is 16.8. The maximum absolute atomic E-state index is 13.1. The van der Waals surface area contributed by atoms with Gasteiger partial charge >= 0.3 is 0 Å². The van der Waals surface area contributed by atoms with Crippen LogP contribution >= 0.6 is 0 Å². The lowest BCUT2D eigenvalue weighted by Gasteiger charge is -2.26. The lowest BCUT2D eigenvalue weighted by molar-refractivity contribution is -0.136. The molecule has 1 fully saturated rings. The van der Waals surface area contributed by atoms with Gasteiger partial charge in [0.25, 0.3) is 5.91 Å². The molecule has 0 spiro atoms. The molecular weight excluding hydrogens is 413 g/mol. The van der Waals surface area contributed by atoms with Crippen molar-refractivity contribution in [2.24, 2.45) is 5.14 Å². The number of anilines is 1. The van der Waals surface area contributed by atoms with Crippen LogP contribution in [0.5, 0.6) is 0 Å². The Hall–Kier alpha value is -3.11. The summed E-state index contributed by atoms with van der Waals surface area (Å²) in [7, 11) is -3.80. The van der Waals surface area contributed by atoms with Crippen LogP contribution in [0, 0.1) is 5.82 Å². The number of sulfonamides is 1. The number of nitrogens with zero attached hydrogens (tertiary/aromatic N) is 2. The fourth-order valence-corrected chi connectivity index (χ4v) is 3.86. The van der Waals surface area contributed by atoms with Crippen molar-refractivity contribution in [2.75, 3.05) is 11.4 Å². The van der Waals surface area contributed by atoms with E-state index in [9.17, 15) is 27.2 Å². The number of rotatable bonds is 6. The highest BCUT2D eigenvalue weighted by atomic mass is 32.2. The van der Waals surface area contributed by atoms with Crippen LogP contribution in [0.4, 0.5) is 10.1 Å². The summed E-state index contributed by atoms with van der Waals surface area (Å²) in [5.74, 6) is -1.89. The van der Waals surface area contributed by atoms with Crippen LogP contribution in [-0.4, -0.2) is 43.6 Å². The standard InChI is InChI=1S/C20H20FN3O5S/c1-13(25)23(11-10-14-2-8-17(9-3-14)30(22,28)29)18-12-19(26)24(20(18)27)16-6-4-15(21)5-7-16/h2-9,18H,10-12H2,1H3,(H2,22,28,29). The molecule has 1 heterocycles. The number of hydrogen-bond acceptors (Lipinski definition) is 5. The van der Waals surface area contributed by atoms with Crippen molar-refractivity contribution < 1.29 is 27.2 Å². The van der Waals surface area contributed by atoms with Gasteiger partial charge in [-0.25, -0.2) is 22.8 Å². The Morgan fingerprint density at radius 3 is 2.27 bits per heavy atom. The van der Waals surface area contributed by atoms with E-state index in [0.29, 0.717) is 6.42 Å². The first-order valence-electron chi connectivity index (χ1n) is 9.09. The van der Waals surface area contributed by atoms with Crippen molar-refractivity contribution >= 4 is 33.4 Å². The fraction of sp³-hybridized carbons (Fsp3) is 0.250. The van der Waals surface area contributed by atoms with E-state index in [4.69, 9.17) is 5.14 Å². The molecule has 1 saturated heterocycles. The number of carbonyl (C=O) groups excluding carboxylic acids is 3. The van der Waals surface area contributed by atoms with Crippen LogP contribution in [0.25, 0.3) is 0 Å². The highest BCUT2D eigenvalue weighted by Crippen LogP contribution is 2.26. The minimum atomic E-state index is -3.80. The zero-order valence-electron chi connectivity index (χ0n) is 16.1. The minimum absolute atomic E-state index is 0.0267. The number of primary sulfonamides is 1. The number of amides is 3. The second-order valence-electron chi connectivity index (χ2n) is 6.92. The minimum Gasteiger partial charge on any atom is -0.330 e. The Kier molecular flexibility index (Phi) is 5.99. The van der Waals surface area contributed by atoms with E-state index in [-0.39, 0.29) is 29.5 Å². The van der Waals surface area contributed by atoms with Gasteiger partial charge in [-0.3, -0.25) is 14.4 Å². The van der Waals surface area contributed by atoms with E-state index in [0.717, 1.165) is 22.6 Å². The molecule has 0 bridgehead atoms. The van der Waals surface area contributed by atoms with E-state index in [1.807, 2.05) is 0 Å². The summed E-state index contributed by atoms with van der Waals surface area (Å²) in [5, 5.41) is 5.07. The molecule has 0 radical (unpaired) electrons. The number of hydrogen-bond donors (Lipinski definition) is 1. The summed E-state index contributed by atoms with van der Waals surface area (Å²) in [6.07, 6.45) is 0.180. The van der Waals surface area contributed by atoms with Gasteiger partial charge in [0.2, 0.25) is 21.8 Å². The quantitative estimate of drug-likeness (QED) is 0.687. The number of imide groups is 1. The summed E-state index contributed by atoms with van der Waals surface area (Å²) in [6.45, 7) is 1.47. The Bertz CT molecular complexity index is 1080. The molecule has 3 rings (SSSR count). The molecule has 158 valence electrons. The highest BCUT2D eigenvalue weighted by Gasteiger charge is 2.43. The van der Waals surface area contributed by atoms with E-state index >= 15 is 0 Å². The Morgan fingerprint density at radius 1 is 1.13 bits per heavy atom. The van der Waals surface area contributed by atoms with Crippen molar-refractivity contribution in [1.82, 2.24) is 4.90 Å². The summed E-state index contributed by atoms with van der Waals surface area (Å²) in [5.41, 5.74) is 0.983. The van der Waals surface area contributed by atoms with Gasteiger partial charge < -0.3 is 4.90 Å². The highest BCUT2D eigenvalue weighted by molar-refractivity contribution is 7.89. The molecular formula is C20H20FN3O5S. The van der Waals surface area contributed by atoms with Crippen LogP contribution in [0.1, 0.15) is 18.9 Å². The summed E-state index contributed by atoms with van der Waals surface area (Å²) < 4.78 is 35.8. The number of benzene rings is 2. The molecule has 1 aliphatic heterocycles. The molecule has 8 nitrogen and oxygen atoms in total. The topological polar surface area (TPSA) is 118 Å². The number of carbonyl (C=O) groups is 3. The van der Waals surface area contributed by atoms with Gasteiger partial charge in [0.15, 0.2) is 0 Å². The maximum atomic E-state index is 13.1. The molecule has 10 heteroatoms. The molecule has 0 aromatic heterocycles. The predicted octanol–water partition coefficient (Wildman–Crippen LogP) is 1.20. The third-order valence-electron chi connectivity index (χ3n) is 4.88. The lowest BCUT2D eigenvalue weighted by atomic mass is 10.1. The molecule has 2 aromatic carbocycles. The van der Waals surface area contributed by atoms with Gasteiger partial charge in [0.05, 0.1) is 17.0 Å². The average Bonchev–Trinajstić information content (AvgIpc) is 2.96. The zero-order valence-corrected chi connectivity index (χ0v) is 16.9. The smallest absolute Gasteiger partial charge is 0.257 e. The predicted molar refractivity (Wildman–Crippen MR) is 106 cm³/mol. The second kappa shape index (κ2) is 8.33. The first kappa shape index (κ1) is 21.6. The van der Waals surface area contributed by atoms with Crippen LogP contribution in [0.3, 0.4) is 0 Å². The molecule has 1 unspecified atom stereocenters. The first-order chi connectivity index (χ1) is 14.1. The van der Waals surface area contributed by atoms with Gasteiger partial charge in [0.1, 0.15) is 11.9 Å². The van der Waals surface area contributed by atoms with Gasteiger partial charge in [-0.2, -0.15) is 0 Å². The lowest BCUT2D eigenvalue weighted by Crippen LogP contribution is -2.45. The van der Waals surface area contributed by atoms with Crippen molar-refractivity contribution in [2.45, 2.75) is 30.7 Å². The third kappa shape index (κ3) is 4.55. The Labute approximate surface area is 173 Å². The zero-order chi connectivity index (χ0) is 22.1. The van der Waals surface area contributed by atoms with Crippen LogP contribution in [0.15, 0.2) is 53.4 Å². The fourth-order valence-electron chi connectivity index (χ4n) is 3.35. The molecule has 2 N–H and O–H groups in total. The van der Waals surface area contributed by atoms with Crippen molar-refractivity contribution in [3.63, 3.8) is 0 Å². The molecule has 3 amide bonds. The van der Waals surface area contributed by atoms with Gasteiger partial charge in [-0.1, -0.05) is 12.1 Å². The summed E-state index contributed by atoms with van der Waals surface area (Å²) in [6, 6.07) is 9.89. The molecule has 0 aliphatic carbocycles. The number of halogens is 1. The maximum Gasteiger partial charge on any atom is 0.257 e. The van der Waals surface area contributed by atoms with Crippen molar-refractivity contribution in [3.8, 4) is 0 Å². The Balaban J connectivity index is 1.75. The van der Waals surface area contributed by atoms with Gasteiger partial charge in [-0.05, 0) is 48.4 Å². The van der Waals surface area contributed by atoms with E-state index in [2.05, 4.69) is 0 Å². The largest absolute Gasteiger partial charge is 0.330 e. The average molecular weight is 433 g/mol. The van der Waals surface area contributed by atoms with E-state index in [1.165, 1.54) is 36.1 Å². The number of nitrogens with two attached hydrogens (primary N) is 1. The molecule has 1 atom stereocenters. The van der Waals surface area contributed by atoms with E-state index < -0.39 is 33.7 Å². The molecule has 0 saturated carbocycles. The van der Waals surface area contributed by atoms with Crippen molar-refractivity contribution in [3.05, 3.63) is 59.9 Å². The first-order valence-corrected chi connectivity index (χ1v) is 10.6. The molecule has 30 heavy (non-hydrogen) atoms. The third-order valence-corrected chi connectivity index (χ3v) is 5.81. The van der Waals surface area contributed by atoms with E-state index in [1.54, 1.807) is 12.1 Å². The van der Waals surface area contributed by atoms with Crippen molar-refractivity contribution in [1.29, 1.82) is 0 Å². The second-order valence-corrected chi connectivity index (χ2v) is 8.48. The van der Waals surface area contributed by atoms with Gasteiger partial charge in [0, 0.05) is 13.5 Å². The van der Waals surface area contributed by atoms with Crippen LogP contribution in [-0.2, 0) is 30.8 Å². The summed E-state index contributed by atoms with van der Waals surface area (Å²) in [4.78, 5) is 39.7. The monoisotopic (exact) mass is 433 g/mol. The molecule has 1 aliphatic rings. The SMILES string of the molecule is CC(=O)N(CCc1ccc(S(N)(=O)=O)cc1)C1CC(=O)N(c2ccc(F)cc2)C1=O.